The van der Waals surface area contributed by atoms with Gasteiger partial charge in [-0.15, -0.1) is 0 Å². The molecule has 4 heteroatoms. The van der Waals surface area contributed by atoms with Crippen LogP contribution in [0.25, 0.3) is 0 Å². The zero-order chi connectivity index (χ0) is 14.9. The molecule has 0 aliphatic rings. The Morgan fingerprint density at radius 1 is 1.19 bits per heavy atom. The molecular weight excluding hydrogens is 264 g/mol. The van der Waals surface area contributed by atoms with Crippen LogP contribution in [-0.2, 0) is 17.6 Å². The van der Waals surface area contributed by atoms with Gasteiger partial charge in [-0.3, -0.25) is 0 Å². The lowest BCUT2D eigenvalue weighted by molar-refractivity contribution is -0.117. The lowest BCUT2D eigenvalue weighted by Gasteiger charge is -2.07. The number of aromatic amines is 1. The summed E-state index contributed by atoms with van der Waals surface area (Å²) in [5, 5.41) is 0. The van der Waals surface area contributed by atoms with E-state index in [1.807, 2.05) is 18.3 Å². The van der Waals surface area contributed by atoms with E-state index in [-0.39, 0.29) is 5.78 Å². The maximum atomic E-state index is 10.9. The molecule has 2 aromatic rings. The number of ether oxygens (including phenoxy) is 1. The number of nitrogens with zero attached hydrogens (tertiary/aromatic N) is 1. The van der Waals surface area contributed by atoms with Crippen LogP contribution in [0.4, 0.5) is 0 Å². The number of carbonyl (C=O) groups is 1. The molecule has 0 aliphatic carbocycles. The molecule has 0 amide bonds. The molecule has 1 N–H and O–H groups in total. The van der Waals surface area contributed by atoms with Crippen LogP contribution >= 0.6 is 0 Å². The molecule has 0 saturated carbocycles. The van der Waals surface area contributed by atoms with Crippen molar-refractivity contribution < 1.29 is 9.53 Å². The van der Waals surface area contributed by atoms with Crippen molar-refractivity contribution in [2.75, 3.05) is 6.61 Å². The summed E-state index contributed by atoms with van der Waals surface area (Å²) in [6.45, 7) is 2.34. The summed E-state index contributed by atoms with van der Waals surface area (Å²) in [5.41, 5.74) is 2.39. The zero-order valence-electron chi connectivity index (χ0n) is 12.5. The average molecular weight is 286 g/mol. The van der Waals surface area contributed by atoms with E-state index in [0.717, 1.165) is 37.1 Å². The van der Waals surface area contributed by atoms with Gasteiger partial charge in [0.15, 0.2) is 0 Å². The monoisotopic (exact) mass is 286 g/mol. The van der Waals surface area contributed by atoms with Gasteiger partial charge in [0.05, 0.1) is 12.9 Å². The summed E-state index contributed by atoms with van der Waals surface area (Å²) in [6.07, 6.45) is 7.97. The van der Waals surface area contributed by atoms with Gasteiger partial charge in [-0.25, -0.2) is 4.98 Å². The van der Waals surface area contributed by atoms with Gasteiger partial charge in [0.25, 0.3) is 0 Å². The fourth-order valence-corrected chi connectivity index (χ4v) is 2.17. The molecule has 0 saturated heterocycles. The minimum Gasteiger partial charge on any atom is -0.494 e. The predicted molar refractivity (Wildman–Crippen MR) is 82.5 cm³/mol. The number of aryl methyl sites for hydroxylation is 2. The number of imidazole rings is 1. The summed E-state index contributed by atoms with van der Waals surface area (Å²) < 4.78 is 5.71. The third-order valence-corrected chi connectivity index (χ3v) is 3.33. The van der Waals surface area contributed by atoms with Gasteiger partial charge in [0.1, 0.15) is 11.5 Å². The maximum Gasteiger partial charge on any atom is 0.129 e. The first-order chi connectivity index (χ1) is 10.2. The normalized spacial score (nSPS) is 10.5. The fourth-order valence-electron chi connectivity index (χ4n) is 2.17. The highest BCUT2D eigenvalue weighted by Crippen LogP contribution is 2.14. The molecule has 0 spiro atoms. The Morgan fingerprint density at radius 2 is 2.00 bits per heavy atom. The Morgan fingerprint density at radius 3 is 2.67 bits per heavy atom. The van der Waals surface area contributed by atoms with Gasteiger partial charge < -0.3 is 14.5 Å². The molecule has 0 unspecified atom stereocenters. The molecule has 21 heavy (non-hydrogen) atoms. The topological polar surface area (TPSA) is 55.0 Å². The zero-order valence-corrected chi connectivity index (χ0v) is 12.5. The number of ketones is 1. The van der Waals surface area contributed by atoms with Crippen LogP contribution in [0.2, 0.25) is 0 Å². The maximum absolute atomic E-state index is 10.9. The van der Waals surface area contributed by atoms with Crippen LogP contribution < -0.4 is 4.74 Å². The van der Waals surface area contributed by atoms with Gasteiger partial charge in [-0.1, -0.05) is 12.1 Å². The Hall–Kier alpha value is -2.10. The molecule has 4 nitrogen and oxygen atoms in total. The minimum absolute atomic E-state index is 0.257. The third kappa shape index (κ3) is 5.81. The minimum atomic E-state index is 0.257. The van der Waals surface area contributed by atoms with E-state index in [9.17, 15) is 4.79 Å². The van der Waals surface area contributed by atoms with Crippen molar-refractivity contribution >= 4 is 5.78 Å². The first-order valence-corrected chi connectivity index (χ1v) is 7.42. The Bertz CT molecular complexity index is 532. The number of Topliss-reactive ketones (excluding diaryl/α,β-unsaturated/α-hetero) is 1. The lowest BCUT2D eigenvalue weighted by Crippen LogP contribution is -1.99. The van der Waals surface area contributed by atoms with Gasteiger partial charge in [0.2, 0.25) is 0 Å². The van der Waals surface area contributed by atoms with E-state index < -0.39 is 0 Å². The fraction of sp³-hybridized carbons (Fsp3) is 0.412. The van der Waals surface area contributed by atoms with Crippen LogP contribution in [0.5, 0.6) is 5.75 Å². The van der Waals surface area contributed by atoms with E-state index in [4.69, 9.17) is 4.74 Å². The Balaban J connectivity index is 1.66. The second-order valence-electron chi connectivity index (χ2n) is 5.23. The van der Waals surface area contributed by atoms with Gasteiger partial charge in [0, 0.05) is 18.3 Å². The molecule has 1 aromatic heterocycles. The smallest absolute Gasteiger partial charge is 0.129 e. The van der Waals surface area contributed by atoms with Crippen molar-refractivity contribution in [2.45, 2.75) is 39.0 Å². The average Bonchev–Trinajstić information content (AvgIpc) is 2.98. The number of benzene rings is 1. The largest absolute Gasteiger partial charge is 0.494 e. The lowest BCUT2D eigenvalue weighted by atomic mass is 10.1. The quantitative estimate of drug-likeness (QED) is 0.719. The SMILES string of the molecule is CC(=O)CCCc1ccc(OCCCc2cnc[nH]2)cc1. The van der Waals surface area contributed by atoms with Crippen molar-refractivity contribution in [3.8, 4) is 5.75 Å². The molecule has 0 atom stereocenters. The number of H-pyrrole nitrogens is 1. The Kier molecular flexibility index (Phi) is 6.00. The van der Waals surface area contributed by atoms with Crippen LogP contribution in [0.15, 0.2) is 36.8 Å². The van der Waals surface area contributed by atoms with Crippen molar-refractivity contribution in [1.29, 1.82) is 0 Å². The van der Waals surface area contributed by atoms with Crippen LogP contribution in [0.3, 0.4) is 0 Å². The summed E-state index contributed by atoms with van der Waals surface area (Å²) in [5.74, 6) is 1.15. The van der Waals surface area contributed by atoms with Crippen molar-refractivity contribution in [2.24, 2.45) is 0 Å². The molecule has 0 fully saturated rings. The number of aromatic nitrogens is 2. The number of carbonyl (C=O) groups excluding carboxylic acids is 1. The van der Waals surface area contributed by atoms with Crippen LogP contribution in [0.1, 0.15) is 37.4 Å². The highest BCUT2D eigenvalue weighted by Gasteiger charge is 1.99. The molecule has 112 valence electrons. The highest BCUT2D eigenvalue weighted by atomic mass is 16.5. The van der Waals surface area contributed by atoms with Gasteiger partial charge in [-0.2, -0.15) is 0 Å². The molecule has 0 aliphatic heterocycles. The first kappa shape index (κ1) is 15.3. The second kappa shape index (κ2) is 8.25. The third-order valence-electron chi connectivity index (χ3n) is 3.33. The van der Waals surface area contributed by atoms with Gasteiger partial charge in [-0.05, 0) is 50.3 Å². The molecule has 1 heterocycles. The van der Waals surface area contributed by atoms with Crippen molar-refractivity contribution in [3.05, 3.63) is 48.0 Å². The number of rotatable bonds is 9. The molecular formula is C17H22N2O2. The van der Waals surface area contributed by atoms with Crippen molar-refractivity contribution in [3.63, 3.8) is 0 Å². The van der Waals surface area contributed by atoms with E-state index in [0.29, 0.717) is 13.0 Å². The summed E-state index contributed by atoms with van der Waals surface area (Å²) in [4.78, 5) is 18.0. The van der Waals surface area contributed by atoms with E-state index in [1.165, 1.54) is 5.56 Å². The molecule has 0 radical (unpaired) electrons. The van der Waals surface area contributed by atoms with E-state index in [2.05, 4.69) is 22.1 Å². The number of hydrogen-bond donors (Lipinski definition) is 1. The van der Waals surface area contributed by atoms with E-state index in [1.54, 1.807) is 13.3 Å². The van der Waals surface area contributed by atoms with E-state index >= 15 is 0 Å². The molecule has 2 rings (SSSR count). The number of nitrogens with one attached hydrogen (secondary N) is 1. The summed E-state index contributed by atoms with van der Waals surface area (Å²) >= 11 is 0. The summed E-state index contributed by atoms with van der Waals surface area (Å²) in [6, 6.07) is 8.15. The standard InChI is InChI=1S/C17H22N2O2/c1-14(20)4-2-5-15-7-9-17(10-8-15)21-11-3-6-16-12-18-13-19-16/h7-10,12-13H,2-6,11H2,1H3,(H,18,19). The second-order valence-corrected chi connectivity index (χ2v) is 5.23. The van der Waals surface area contributed by atoms with Gasteiger partial charge >= 0.3 is 0 Å². The number of hydrogen-bond acceptors (Lipinski definition) is 3. The van der Waals surface area contributed by atoms with Crippen molar-refractivity contribution in [1.82, 2.24) is 9.97 Å². The molecule has 0 bridgehead atoms. The van der Waals surface area contributed by atoms with Crippen LogP contribution in [-0.4, -0.2) is 22.4 Å². The molecule has 1 aromatic carbocycles. The Labute approximate surface area is 125 Å². The highest BCUT2D eigenvalue weighted by molar-refractivity contribution is 5.75. The van der Waals surface area contributed by atoms with Crippen LogP contribution in [0, 0.1) is 0 Å². The summed E-state index contributed by atoms with van der Waals surface area (Å²) in [7, 11) is 0. The first-order valence-electron chi connectivity index (χ1n) is 7.42. The predicted octanol–water partition coefficient (Wildman–Crippen LogP) is 3.33.